The van der Waals surface area contributed by atoms with Crippen molar-refractivity contribution < 1.29 is 41.8 Å². The van der Waals surface area contributed by atoms with Crippen LogP contribution in [-0.4, -0.2) is 75.4 Å². The van der Waals surface area contributed by atoms with E-state index < -0.39 is 47.5 Å². The Labute approximate surface area is 270 Å². The van der Waals surface area contributed by atoms with Gasteiger partial charge in [0.25, 0.3) is 0 Å². The van der Waals surface area contributed by atoms with Crippen molar-refractivity contribution in [2.75, 3.05) is 24.4 Å². The van der Waals surface area contributed by atoms with Gasteiger partial charge in [-0.3, -0.25) is 15.0 Å². The fourth-order valence-electron chi connectivity index (χ4n) is 4.04. The molecular weight excluding hydrogens is 623 g/mol. The van der Waals surface area contributed by atoms with Crippen molar-refractivity contribution in [3.63, 3.8) is 0 Å². The number of alkyl halides is 3. The lowest BCUT2D eigenvalue weighted by atomic mass is 10.1. The molecule has 0 aliphatic carbocycles. The fraction of sp³-hybridized carbons (Fsp3) is 0.484. The van der Waals surface area contributed by atoms with Crippen LogP contribution in [-0.2, 0) is 32.5 Å². The van der Waals surface area contributed by atoms with E-state index in [1.807, 2.05) is 0 Å². The van der Waals surface area contributed by atoms with Gasteiger partial charge in [0.05, 0.1) is 17.4 Å². The number of fused-ring (bicyclic) bond motifs is 1. The first-order valence-electron chi connectivity index (χ1n) is 14.4. The number of nitrogens with one attached hydrogen (secondary N) is 2. The van der Waals surface area contributed by atoms with E-state index in [0.717, 1.165) is 4.90 Å². The molecule has 3 amide bonds. The Kier molecular flexibility index (Phi) is 11.1. The molecule has 3 rings (SSSR count). The van der Waals surface area contributed by atoms with Crippen LogP contribution in [0.15, 0.2) is 24.5 Å². The minimum atomic E-state index is -5.24. The molecule has 0 unspecified atom stereocenters. The summed E-state index contributed by atoms with van der Waals surface area (Å²) in [6, 6.07) is 5.02. The van der Waals surface area contributed by atoms with Crippen molar-refractivity contribution in [3.05, 3.63) is 41.5 Å². The Morgan fingerprint density at radius 3 is 2.28 bits per heavy atom. The lowest BCUT2D eigenvalue weighted by Crippen LogP contribution is -2.40. The quantitative estimate of drug-likeness (QED) is 0.262. The lowest BCUT2D eigenvalue weighted by molar-refractivity contribution is -0.167. The first kappa shape index (κ1) is 36.6. The van der Waals surface area contributed by atoms with Gasteiger partial charge in [0.2, 0.25) is 0 Å². The number of hydrogen-bond acceptors (Lipinski definition) is 9. The number of hydrogen-bond donors (Lipinski definition) is 2. The molecule has 0 radical (unpaired) electrons. The summed E-state index contributed by atoms with van der Waals surface area (Å²) >= 11 is 0. The summed E-state index contributed by atoms with van der Waals surface area (Å²) in [6.07, 6.45) is -5.29. The number of ether oxygens (including phenoxy) is 3. The number of carbonyl (C=O) groups excluding carboxylic acids is 3. The van der Waals surface area contributed by atoms with E-state index in [0.29, 0.717) is 18.5 Å². The second-order valence-corrected chi connectivity index (χ2v) is 12.4. The van der Waals surface area contributed by atoms with Gasteiger partial charge in [0.15, 0.2) is 11.6 Å². The molecule has 0 fully saturated rings. The van der Waals surface area contributed by atoms with E-state index in [1.165, 1.54) is 25.1 Å². The maximum absolute atomic E-state index is 13.3. The Bertz CT molecular complexity index is 1700. The second-order valence-electron chi connectivity index (χ2n) is 12.4. The zero-order valence-electron chi connectivity index (χ0n) is 27.6. The molecule has 254 valence electrons. The summed E-state index contributed by atoms with van der Waals surface area (Å²) in [5.74, 6) is 2.62. The number of rotatable bonds is 7. The molecule has 16 heteroatoms. The van der Waals surface area contributed by atoms with Crippen LogP contribution in [0, 0.1) is 11.8 Å². The number of methoxy groups -OCH3 is 1. The number of imidazole rings is 1. The van der Waals surface area contributed by atoms with Crippen molar-refractivity contribution in [1.29, 1.82) is 0 Å². The molecule has 0 bridgehead atoms. The third-order valence-corrected chi connectivity index (χ3v) is 6.06. The van der Waals surface area contributed by atoms with Crippen molar-refractivity contribution in [2.45, 2.75) is 78.0 Å². The number of carbonyl (C=O) groups is 3. The standard InChI is InChI=1S/C31H38F3N7O6/c1-29(2,3)46-27(43)37-21(45-9)16-14-19-12-10-11-18(36-19)13-15-20-23-22(35-17-40(23)7)25(41(8)28(44)47-30(4,5)6)38-24(20)39-26(42)31(32,33)34/h10-12,17,21H,14,16H2,1-9H3,(H,37,43)(H,38,39,42)/t21-/m0/s1. The van der Waals surface area contributed by atoms with Crippen LogP contribution in [0.25, 0.3) is 11.0 Å². The van der Waals surface area contributed by atoms with Gasteiger partial charge >= 0.3 is 24.3 Å². The van der Waals surface area contributed by atoms with Crippen LogP contribution in [0.1, 0.15) is 64.9 Å². The molecule has 0 aliphatic heterocycles. The molecule has 47 heavy (non-hydrogen) atoms. The first-order chi connectivity index (χ1) is 21.7. The molecule has 0 saturated heterocycles. The van der Waals surface area contributed by atoms with Gasteiger partial charge in [-0.25, -0.2) is 24.5 Å². The van der Waals surface area contributed by atoms with E-state index in [-0.39, 0.29) is 28.1 Å². The van der Waals surface area contributed by atoms with Gasteiger partial charge in [-0.1, -0.05) is 12.0 Å². The third kappa shape index (κ3) is 10.3. The van der Waals surface area contributed by atoms with Gasteiger partial charge < -0.3 is 24.1 Å². The maximum atomic E-state index is 13.3. The number of pyridine rings is 2. The van der Waals surface area contributed by atoms with Crippen LogP contribution >= 0.6 is 0 Å². The summed E-state index contributed by atoms with van der Waals surface area (Å²) < 4.78 is 57.5. The normalized spacial score (nSPS) is 12.5. The molecule has 0 aliphatic rings. The Balaban J connectivity index is 2.00. The van der Waals surface area contributed by atoms with Crippen molar-refractivity contribution in [1.82, 2.24) is 24.8 Å². The van der Waals surface area contributed by atoms with E-state index in [9.17, 15) is 27.6 Å². The smallest absolute Gasteiger partial charge is 0.444 e. The molecular formula is C31H38F3N7O6. The monoisotopic (exact) mass is 661 g/mol. The average Bonchev–Trinajstić information content (AvgIpc) is 3.33. The zero-order valence-corrected chi connectivity index (χ0v) is 27.6. The molecule has 13 nitrogen and oxygen atoms in total. The minimum Gasteiger partial charge on any atom is -0.444 e. The number of aromatic nitrogens is 4. The molecule has 2 N–H and O–H groups in total. The SMILES string of the molecule is CO[C@@H](CCc1cccc(C#Cc2c(NC(=O)C(F)(F)F)nc(N(C)C(=O)OC(C)(C)C)c3ncn(C)c23)n1)NC(=O)OC(C)(C)C. The number of halogens is 3. The number of aryl methyl sites for hydroxylation is 2. The van der Waals surface area contributed by atoms with Gasteiger partial charge in [-0.15, -0.1) is 0 Å². The highest BCUT2D eigenvalue weighted by atomic mass is 19.4. The maximum Gasteiger partial charge on any atom is 0.471 e. The third-order valence-electron chi connectivity index (χ3n) is 6.06. The van der Waals surface area contributed by atoms with Crippen LogP contribution in [0.5, 0.6) is 0 Å². The Hall–Kier alpha value is -4.91. The highest BCUT2D eigenvalue weighted by Crippen LogP contribution is 2.32. The molecule has 3 aromatic heterocycles. The molecule has 0 saturated carbocycles. The number of anilines is 2. The highest BCUT2D eigenvalue weighted by molar-refractivity contribution is 6.03. The topological polar surface area (TPSA) is 150 Å². The van der Waals surface area contributed by atoms with Crippen LogP contribution in [0.2, 0.25) is 0 Å². The van der Waals surface area contributed by atoms with E-state index in [2.05, 4.69) is 32.1 Å². The summed E-state index contributed by atoms with van der Waals surface area (Å²) in [7, 11) is 4.33. The van der Waals surface area contributed by atoms with Gasteiger partial charge in [-0.05, 0) is 72.4 Å². The predicted molar refractivity (Wildman–Crippen MR) is 167 cm³/mol. The summed E-state index contributed by atoms with van der Waals surface area (Å²) in [4.78, 5) is 51.0. The van der Waals surface area contributed by atoms with Crippen molar-refractivity contribution in [2.24, 2.45) is 7.05 Å². The second kappa shape index (κ2) is 14.2. The fourth-order valence-corrected chi connectivity index (χ4v) is 4.04. The van der Waals surface area contributed by atoms with E-state index in [4.69, 9.17) is 14.2 Å². The minimum absolute atomic E-state index is 0.0906. The van der Waals surface area contributed by atoms with Crippen LogP contribution in [0.3, 0.4) is 0 Å². The van der Waals surface area contributed by atoms with Crippen molar-refractivity contribution >= 4 is 40.8 Å². The number of amides is 3. The average molecular weight is 662 g/mol. The van der Waals surface area contributed by atoms with E-state index >= 15 is 0 Å². The van der Waals surface area contributed by atoms with Gasteiger partial charge in [0.1, 0.15) is 28.6 Å². The lowest BCUT2D eigenvalue weighted by Gasteiger charge is -2.24. The molecule has 1 atom stereocenters. The highest BCUT2D eigenvalue weighted by Gasteiger charge is 2.40. The molecule has 3 heterocycles. The summed E-state index contributed by atoms with van der Waals surface area (Å²) in [5, 5.41) is 4.42. The molecule has 0 spiro atoms. The van der Waals surface area contributed by atoms with Gasteiger partial charge in [0, 0.05) is 26.9 Å². The van der Waals surface area contributed by atoms with E-state index in [1.54, 1.807) is 72.1 Å². The van der Waals surface area contributed by atoms with Crippen LogP contribution in [0.4, 0.5) is 34.4 Å². The molecule has 0 aromatic carbocycles. The predicted octanol–water partition coefficient (Wildman–Crippen LogP) is 5.07. The van der Waals surface area contributed by atoms with Crippen molar-refractivity contribution in [3.8, 4) is 11.8 Å². The largest absolute Gasteiger partial charge is 0.471 e. The summed E-state index contributed by atoms with van der Waals surface area (Å²) in [5.41, 5.74) is -0.483. The first-order valence-corrected chi connectivity index (χ1v) is 14.4. The molecule has 3 aromatic rings. The van der Waals surface area contributed by atoms with Gasteiger partial charge in [-0.2, -0.15) is 13.2 Å². The number of nitrogens with zero attached hydrogens (tertiary/aromatic N) is 5. The Morgan fingerprint density at radius 1 is 1.02 bits per heavy atom. The van der Waals surface area contributed by atoms with Crippen LogP contribution < -0.4 is 15.5 Å². The zero-order chi connectivity index (χ0) is 35.3. The summed E-state index contributed by atoms with van der Waals surface area (Å²) in [6.45, 7) is 10.2. The number of alkyl carbamates (subject to hydrolysis) is 1. The Morgan fingerprint density at radius 2 is 1.68 bits per heavy atom.